The first-order valence-electron chi connectivity index (χ1n) is 7.33. The summed E-state index contributed by atoms with van der Waals surface area (Å²) in [6.07, 6.45) is 6.45. The Labute approximate surface area is 123 Å². The van der Waals surface area contributed by atoms with E-state index in [-0.39, 0.29) is 0 Å². The number of pyridine rings is 1. The monoisotopic (exact) mass is 279 g/mol. The van der Waals surface area contributed by atoms with Gasteiger partial charge in [0.05, 0.1) is 24.0 Å². The molecule has 106 valence electrons. The third kappa shape index (κ3) is 2.78. The number of hydrogen-bond donors (Lipinski definition) is 1. The third-order valence-corrected chi connectivity index (χ3v) is 3.81. The normalized spacial score (nSPS) is 14.7. The van der Waals surface area contributed by atoms with E-state index < -0.39 is 0 Å². The minimum Gasteiger partial charge on any atom is -0.308 e. The molecule has 1 fully saturated rings. The first kappa shape index (κ1) is 12.5. The van der Waals surface area contributed by atoms with Gasteiger partial charge in [0.15, 0.2) is 0 Å². The minimum absolute atomic E-state index is 0.694. The van der Waals surface area contributed by atoms with E-state index in [0.717, 1.165) is 24.3 Å². The number of fused-ring (bicyclic) bond motifs is 1. The highest BCUT2D eigenvalue weighted by atomic mass is 15.4. The van der Waals surface area contributed by atoms with Crippen LogP contribution in [0.15, 0.2) is 42.7 Å². The molecule has 1 N–H and O–H groups in total. The van der Waals surface area contributed by atoms with Gasteiger partial charge in [0.25, 0.3) is 0 Å². The van der Waals surface area contributed by atoms with Gasteiger partial charge in [0, 0.05) is 24.2 Å². The van der Waals surface area contributed by atoms with E-state index in [1.165, 1.54) is 23.8 Å². The molecule has 3 aromatic rings. The van der Waals surface area contributed by atoms with Crippen molar-refractivity contribution in [2.75, 3.05) is 0 Å². The molecule has 21 heavy (non-hydrogen) atoms. The van der Waals surface area contributed by atoms with Crippen LogP contribution in [0.4, 0.5) is 0 Å². The number of rotatable bonds is 5. The highest BCUT2D eigenvalue weighted by Gasteiger charge is 2.20. The second-order valence-corrected chi connectivity index (χ2v) is 5.55. The molecule has 4 rings (SSSR count). The molecule has 5 heteroatoms. The van der Waals surface area contributed by atoms with Crippen molar-refractivity contribution in [2.45, 2.75) is 32.0 Å². The second kappa shape index (κ2) is 5.26. The Balaban J connectivity index is 1.53. The molecule has 1 aliphatic rings. The maximum Gasteiger partial charge on any atom is 0.0965 e. The highest BCUT2D eigenvalue weighted by molar-refractivity contribution is 5.81. The maximum atomic E-state index is 4.39. The van der Waals surface area contributed by atoms with Gasteiger partial charge in [-0.1, -0.05) is 23.4 Å². The molecule has 0 unspecified atom stereocenters. The number of hydrogen-bond acceptors (Lipinski definition) is 4. The Morgan fingerprint density at radius 3 is 3.00 bits per heavy atom. The van der Waals surface area contributed by atoms with Crippen molar-refractivity contribution in [2.24, 2.45) is 0 Å². The van der Waals surface area contributed by atoms with Gasteiger partial charge in [-0.2, -0.15) is 0 Å². The van der Waals surface area contributed by atoms with Crippen LogP contribution in [0.2, 0.25) is 0 Å². The molecule has 2 aromatic heterocycles. The lowest BCUT2D eigenvalue weighted by atomic mass is 10.1. The minimum atomic E-state index is 0.694. The molecule has 1 aliphatic carbocycles. The van der Waals surface area contributed by atoms with Crippen LogP contribution in [0.1, 0.15) is 24.1 Å². The molecular formula is C16H17N5. The lowest BCUT2D eigenvalue weighted by molar-refractivity contribution is 0.648. The van der Waals surface area contributed by atoms with Crippen LogP contribution in [-0.2, 0) is 13.1 Å². The molecule has 0 aliphatic heterocycles. The molecule has 1 saturated carbocycles. The molecule has 0 atom stereocenters. The quantitative estimate of drug-likeness (QED) is 0.777. The summed E-state index contributed by atoms with van der Waals surface area (Å²) in [6, 6.07) is 10.9. The Bertz CT molecular complexity index is 755. The Morgan fingerprint density at radius 2 is 2.10 bits per heavy atom. The van der Waals surface area contributed by atoms with Crippen LogP contribution in [0, 0.1) is 0 Å². The summed E-state index contributed by atoms with van der Waals surface area (Å²) < 4.78 is 1.89. The number of nitrogens with one attached hydrogen (secondary N) is 1. The maximum absolute atomic E-state index is 4.39. The fourth-order valence-electron chi connectivity index (χ4n) is 2.50. The molecule has 2 heterocycles. The van der Waals surface area contributed by atoms with E-state index in [4.69, 9.17) is 0 Å². The first-order valence-corrected chi connectivity index (χ1v) is 7.33. The summed E-state index contributed by atoms with van der Waals surface area (Å²) in [7, 11) is 0. The lowest BCUT2D eigenvalue weighted by Crippen LogP contribution is -2.15. The van der Waals surface area contributed by atoms with Crippen LogP contribution in [0.5, 0.6) is 0 Å². The highest BCUT2D eigenvalue weighted by Crippen LogP contribution is 2.19. The molecule has 0 radical (unpaired) electrons. The zero-order valence-electron chi connectivity index (χ0n) is 11.7. The average Bonchev–Trinajstić information content (AvgIpc) is 3.25. The van der Waals surface area contributed by atoms with Crippen LogP contribution < -0.4 is 5.32 Å². The lowest BCUT2D eigenvalue weighted by Gasteiger charge is -2.05. The third-order valence-electron chi connectivity index (χ3n) is 3.81. The zero-order valence-corrected chi connectivity index (χ0v) is 11.7. The standard InChI is InChI=1S/C16H17N5/c1-2-4-16-15(3-1)12(7-8-17-16)10-21-11-14(19-20-21)9-18-13-5-6-13/h1-4,7-8,11,13,18H,5-6,9-10H2. The molecule has 1 aromatic carbocycles. The Hall–Kier alpha value is -2.27. The van der Waals surface area contributed by atoms with Crippen LogP contribution in [0.3, 0.4) is 0 Å². The van der Waals surface area contributed by atoms with E-state index in [1.807, 2.05) is 41.3 Å². The smallest absolute Gasteiger partial charge is 0.0965 e. The van der Waals surface area contributed by atoms with Crippen molar-refractivity contribution < 1.29 is 0 Å². The predicted molar refractivity (Wildman–Crippen MR) is 80.7 cm³/mol. The Morgan fingerprint density at radius 1 is 1.19 bits per heavy atom. The van der Waals surface area contributed by atoms with Gasteiger partial charge in [-0.25, -0.2) is 4.68 Å². The van der Waals surface area contributed by atoms with E-state index in [1.54, 1.807) is 0 Å². The first-order chi connectivity index (χ1) is 10.4. The van der Waals surface area contributed by atoms with Gasteiger partial charge in [-0.3, -0.25) is 4.98 Å². The number of para-hydroxylation sites is 1. The SMILES string of the molecule is c1ccc2c(Cn3cc(CNC4CC4)nn3)ccnc2c1. The Kier molecular flexibility index (Phi) is 3.12. The van der Waals surface area contributed by atoms with Crippen LogP contribution in [-0.4, -0.2) is 26.0 Å². The van der Waals surface area contributed by atoms with Crippen molar-refractivity contribution >= 4 is 10.9 Å². The summed E-state index contributed by atoms with van der Waals surface area (Å²) in [5.74, 6) is 0. The molecule has 0 saturated heterocycles. The summed E-state index contributed by atoms with van der Waals surface area (Å²) in [5, 5.41) is 13.1. The van der Waals surface area contributed by atoms with Crippen molar-refractivity contribution in [3.63, 3.8) is 0 Å². The van der Waals surface area contributed by atoms with E-state index in [9.17, 15) is 0 Å². The molecular weight excluding hydrogens is 262 g/mol. The van der Waals surface area contributed by atoms with Gasteiger partial charge < -0.3 is 5.32 Å². The fourth-order valence-corrected chi connectivity index (χ4v) is 2.50. The molecule has 5 nitrogen and oxygen atoms in total. The summed E-state index contributed by atoms with van der Waals surface area (Å²) in [5.41, 5.74) is 3.23. The van der Waals surface area contributed by atoms with Gasteiger partial charge in [0.1, 0.15) is 0 Å². The zero-order chi connectivity index (χ0) is 14.1. The van der Waals surface area contributed by atoms with Crippen molar-refractivity contribution in [1.82, 2.24) is 25.3 Å². The summed E-state index contributed by atoms with van der Waals surface area (Å²) >= 11 is 0. The largest absolute Gasteiger partial charge is 0.308 e. The average molecular weight is 279 g/mol. The van der Waals surface area contributed by atoms with Crippen LogP contribution in [0.25, 0.3) is 10.9 Å². The molecule has 0 bridgehead atoms. The van der Waals surface area contributed by atoms with Gasteiger partial charge in [-0.15, -0.1) is 5.10 Å². The molecule has 0 spiro atoms. The van der Waals surface area contributed by atoms with E-state index in [0.29, 0.717) is 6.04 Å². The van der Waals surface area contributed by atoms with Crippen LogP contribution >= 0.6 is 0 Å². The fraction of sp³-hybridized carbons (Fsp3) is 0.312. The molecule has 0 amide bonds. The second-order valence-electron chi connectivity index (χ2n) is 5.55. The summed E-state index contributed by atoms with van der Waals surface area (Å²) in [6.45, 7) is 1.53. The summed E-state index contributed by atoms with van der Waals surface area (Å²) in [4.78, 5) is 4.39. The van der Waals surface area contributed by atoms with Crippen molar-refractivity contribution in [3.05, 3.63) is 54.0 Å². The van der Waals surface area contributed by atoms with Crippen molar-refractivity contribution in [1.29, 1.82) is 0 Å². The van der Waals surface area contributed by atoms with Gasteiger partial charge in [0.2, 0.25) is 0 Å². The van der Waals surface area contributed by atoms with Crippen molar-refractivity contribution in [3.8, 4) is 0 Å². The van der Waals surface area contributed by atoms with Gasteiger partial charge in [-0.05, 0) is 30.5 Å². The van der Waals surface area contributed by atoms with Gasteiger partial charge >= 0.3 is 0 Å². The number of aromatic nitrogens is 4. The van der Waals surface area contributed by atoms with E-state index in [2.05, 4.69) is 26.7 Å². The predicted octanol–water partition coefficient (Wildman–Crippen LogP) is 2.13. The number of benzene rings is 1. The van der Waals surface area contributed by atoms with E-state index >= 15 is 0 Å². The number of nitrogens with zero attached hydrogens (tertiary/aromatic N) is 4. The topological polar surface area (TPSA) is 55.6 Å².